The van der Waals surface area contributed by atoms with Gasteiger partial charge in [0.2, 0.25) is 0 Å². The Morgan fingerprint density at radius 3 is 2.75 bits per heavy atom. The molecular formula is C11H8FNO3. The molecule has 0 aliphatic carbocycles. The molecule has 1 aromatic carbocycles. The summed E-state index contributed by atoms with van der Waals surface area (Å²) >= 11 is 0. The molecule has 0 aromatic heterocycles. The standard InChI is InChI=1S/C11H8FNO3/c1-16-10-3-2-7(5-9(10)12)4-8(6-13)11(14)15/h2-5H,1H3,(H,14,15)/b8-4+. The molecule has 0 saturated heterocycles. The highest BCUT2D eigenvalue weighted by Crippen LogP contribution is 2.19. The summed E-state index contributed by atoms with van der Waals surface area (Å²) in [5, 5.41) is 17.1. The van der Waals surface area contributed by atoms with Crippen molar-refractivity contribution in [3.8, 4) is 11.8 Å². The second kappa shape index (κ2) is 4.94. The van der Waals surface area contributed by atoms with Crippen LogP contribution in [-0.4, -0.2) is 18.2 Å². The van der Waals surface area contributed by atoms with E-state index in [1.54, 1.807) is 0 Å². The number of carbonyl (C=O) groups is 1. The molecule has 0 aliphatic heterocycles. The summed E-state index contributed by atoms with van der Waals surface area (Å²) in [6.07, 6.45) is 1.09. The molecule has 5 heteroatoms. The lowest BCUT2D eigenvalue weighted by atomic mass is 10.1. The molecule has 0 spiro atoms. The molecule has 0 amide bonds. The van der Waals surface area contributed by atoms with E-state index in [2.05, 4.69) is 0 Å². The summed E-state index contributed by atoms with van der Waals surface area (Å²) in [4.78, 5) is 10.5. The quantitative estimate of drug-likeness (QED) is 0.624. The average Bonchev–Trinajstić information content (AvgIpc) is 2.25. The lowest BCUT2D eigenvalue weighted by Crippen LogP contribution is -1.97. The molecule has 1 rings (SSSR count). The first-order valence-electron chi connectivity index (χ1n) is 4.27. The van der Waals surface area contributed by atoms with Crippen LogP contribution in [0.2, 0.25) is 0 Å². The molecule has 0 saturated carbocycles. The van der Waals surface area contributed by atoms with Gasteiger partial charge in [-0.15, -0.1) is 0 Å². The normalized spacial score (nSPS) is 10.7. The fourth-order valence-corrected chi connectivity index (χ4v) is 1.08. The summed E-state index contributed by atoms with van der Waals surface area (Å²) in [5.74, 6) is -1.90. The predicted molar refractivity (Wildman–Crippen MR) is 54.2 cm³/mol. The van der Waals surface area contributed by atoms with Crippen molar-refractivity contribution < 1.29 is 19.0 Å². The number of nitriles is 1. The van der Waals surface area contributed by atoms with Crippen LogP contribution in [0.4, 0.5) is 4.39 Å². The predicted octanol–water partition coefficient (Wildman–Crippen LogP) is 1.83. The van der Waals surface area contributed by atoms with E-state index in [4.69, 9.17) is 15.1 Å². The van der Waals surface area contributed by atoms with Gasteiger partial charge in [-0.05, 0) is 23.8 Å². The van der Waals surface area contributed by atoms with Crippen molar-refractivity contribution in [1.82, 2.24) is 0 Å². The Morgan fingerprint density at radius 1 is 1.62 bits per heavy atom. The Hall–Kier alpha value is -2.35. The number of carboxylic acids is 1. The van der Waals surface area contributed by atoms with Crippen LogP contribution < -0.4 is 4.74 Å². The third-order valence-corrected chi connectivity index (χ3v) is 1.84. The molecule has 1 aromatic rings. The highest BCUT2D eigenvalue weighted by Gasteiger charge is 2.07. The van der Waals surface area contributed by atoms with Gasteiger partial charge in [-0.25, -0.2) is 9.18 Å². The van der Waals surface area contributed by atoms with Crippen molar-refractivity contribution in [2.45, 2.75) is 0 Å². The zero-order valence-corrected chi connectivity index (χ0v) is 8.40. The van der Waals surface area contributed by atoms with Gasteiger partial charge in [0.15, 0.2) is 11.6 Å². The van der Waals surface area contributed by atoms with Crippen LogP contribution in [0.1, 0.15) is 5.56 Å². The number of ether oxygens (including phenoxy) is 1. The first-order chi connectivity index (χ1) is 7.58. The van der Waals surface area contributed by atoms with E-state index in [0.29, 0.717) is 0 Å². The van der Waals surface area contributed by atoms with Gasteiger partial charge in [-0.2, -0.15) is 5.26 Å². The molecule has 0 aliphatic rings. The third-order valence-electron chi connectivity index (χ3n) is 1.84. The number of hydrogen-bond donors (Lipinski definition) is 1. The molecule has 82 valence electrons. The van der Waals surface area contributed by atoms with Gasteiger partial charge in [0.25, 0.3) is 0 Å². The van der Waals surface area contributed by atoms with Gasteiger partial charge in [0, 0.05) is 0 Å². The smallest absolute Gasteiger partial charge is 0.346 e. The number of hydrogen-bond acceptors (Lipinski definition) is 3. The van der Waals surface area contributed by atoms with Crippen LogP contribution in [0, 0.1) is 17.1 Å². The Labute approximate surface area is 91.2 Å². The highest BCUT2D eigenvalue weighted by atomic mass is 19.1. The molecule has 0 atom stereocenters. The summed E-state index contributed by atoms with van der Waals surface area (Å²) in [5.41, 5.74) is -0.165. The number of halogens is 1. The van der Waals surface area contributed by atoms with Crippen molar-refractivity contribution in [3.63, 3.8) is 0 Å². The van der Waals surface area contributed by atoms with E-state index in [9.17, 15) is 9.18 Å². The molecule has 0 fully saturated rings. The number of benzene rings is 1. The lowest BCUT2D eigenvalue weighted by Gasteiger charge is -2.01. The van der Waals surface area contributed by atoms with Crippen LogP contribution in [0.15, 0.2) is 23.8 Å². The van der Waals surface area contributed by atoms with Crippen molar-refractivity contribution in [2.24, 2.45) is 0 Å². The summed E-state index contributed by atoms with van der Waals surface area (Å²) in [6.45, 7) is 0. The first kappa shape index (κ1) is 11.7. The molecule has 4 nitrogen and oxygen atoms in total. The molecule has 0 unspecified atom stereocenters. The van der Waals surface area contributed by atoms with E-state index in [0.717, 1.165) is 12.1 Å². The second-order valence-electron chi connectivity index (χ2n) is 2.87. The van der Waals surface area contributed by atoms with Crippen LogP contribution in [0.5, 0.6) is 5.75 Å². The maximum absolute atomic E-state index is 13.2. The average molecular weight is 221 g/mol. The molecular weight excluding hydrogens is 213 g/mol. The zero-order chi connectivity index (χ0) is 12.1. The Kier molecular flexibility index (Phi) is 3.62. The van der Waals surface area contributed by atoms with Gasteiger partial charge in [-0.3, -0.25) is 0 Å². The fraction of sp³-hybridized carbons (Fsp3) is 0.0909. The van der Waals surface area contributed by atoms with E-state index in [1.165, 1.54) is 25.3 Å². The van der Waals surface area contributed by atoms with Crippen LogP contribution in [0.25, 0.3) is 6.08 Å². The van der Waals surface area contributed by atoms with E-state index in [1.807, 2.05) is 0 Å². The number of carboxylic acid groups (broad SMARTS) is 1. The largest absolute Gasteiger partial charge is 0.494 e. The Bertz CT molecular complexity index is 488. The van der Waals surface area contributed by atoms with Crippen LogP contribution in [-0.2, 0) is 4.79 Å². The van der Waals surface area contributed by atoms with E-state index < -0.39 is 17.4 Å². The van der Waals surface area contributed by atoms with E-state index >= 15 is 0 Å². The minimum Gasteiger partial charge on any atom is -0.494 e. The molecule has 1 N–H and O–H groups in total. The van der Waals surface area contributed by atoms with Gasteiger partial charge in [0.05, 0.1) is 7.11 Å². The van der Waals surface area contributed by atoms with Crippen LogP contribution >= 0.6 is 0 Å². The molecule has 0 radical (unpaired) electrons. The van der Waals surface area contributed by atoms with Gasteiger partial charge in [-0.1, -0.05) is 6.07 Å². The van der Waals surface area contributed by atoms with E-state index in [-0.39, 0.29) is 11.3 Å². The van der Waals surface area contributed by atoms with Crippen molar-refractivity contribution in [2.75, 3.05) is 7.11 Å². The summed E-state index contributed by atoms with van der Waals surface area (Å²) < 4.78 is 17.9. The Balaban J connectivity index is 3.12. The van der Waals surface area contributed by atoms with Crippen molar-refractivity contribution >= 4 is 12.0 Å². The first-order valence-corrected chi connectivity index (χ1v) is 4.27. The Morgan fingerprint density at radius 2 is 2.31 bits per heavy atom. The van der Waals surface area contributed by atoms with Gasteiger partial charge in [0.1, 0.15) is 11.6 Å². The number of nitrogens with zero attached hydrogens (tertiary/aromatic N) is 1. The number of aliphatic carboxylic acids is 1. The second-order valence-corrected chi connectivity index (χ2v) is 2.87. The topological polar surface area (TPSA) is 70.3 Å². The molecule has 0 heterocycles. The highest BCUT2D eigenvalue weighted by molar-refractivity contribution is 5.96. The molecule has 0 bridgehead atoms. The third kappa shape index (κ3) is 2.58. The van der Waals surface area contributed by atoms with Crippen LogP contribution in [0.3, 0.4) is 0 Å². The number of methoxy groups -OCH3 is 1. The van der Waals surface area contributed by atoms with Crippen molar-refractivity contribution in [1.29, 1.82) is 5.26 Å². The SMILES string of the molecule is COc1ccc(/C=C(\C#N)C(=O)O)cc1F. The minimum absolute atomic E-state index is 0.0611. The zero-order valence-electron chi connectivity index (χ0n) is 8.40. The minimum atomic E-state index is -1.35. The fourth-order valence-electron chi connectivity index (χ4n) is 1.08. The monoisotopic (exact) mass is 221 g/mol. The maximum atomic E-state index is 13.2. The van der Waals surface area contributed by atoms with Gasteiger partial charge < -0.3 is 9.84 Å². The number of rotatable bonds is 3. The van der Waals surface area contributed by atoms with Gasteiger partial charge >= 0.3 is 5.97 Å². The summed E-state index contributed by atoms with van der Waals surface area (Å²) in [7, 11) is 1.33. The lowest BCUT2D eigenvalue weighted by molar-refractivity contribution is -0.132. The van der Waals surface area contributed by atoms with Crippen molar-refractivity contribution in [3.05, 3.63) is 35.2 Å². The summed E-state index contributed by atoms with van der Waals surface area (Å²) in [6, 6.07) is 5.42. The maximum Gasteiger partial charge on any atom is 0.346 e. The molecule has 16 heavy (non-hydrogen) atoms.